The second kappa shape index (κ2) is 3.50. The molecule has 94 valence electrons. The summed E-state index contributed by atoms with van der Waals surface area (Å²) in [4.78, 5) is 11.5. The number of nitrogens with one attached hydrogen (secondary N) is 1. The van der Waals surface area contributed by atoms with Crippen LogP contribution in [0.15, 0.2) is 24.3 Å². The Balaban J connectivity index is 1.77. The third-order valence-corrected chi connectivity index (χ3v) is 5.15. The maximum absolute atomic E-state index is 11.5. The van der Waals surface area contributed by atoms with Gasteiger partial charge in [-0.2, -0.15) is 0 Å². The van der Waals surface area contributed by atoms with Gasteiger partial charge in [0, 0.05) is 0 Å². The summed E-state index contributed by atoms with van der Waals surface area (Å²) < 4.78 is 5.23. The topological polar surface area (TPSA) is 38.3 Å². The van der Waals surface area contributed by atoms with Crippen LogP contribution >= 0.6 is 0 Å². The number of ether oxygens (including phenoxy) is 1. The van der Waals surface area contributed by atoms with Crippen LogP contribution in [0.4, 0.5) is 4.79 Å². The van der Waals surface area contributed by atoms with Gasteiger partial charge in [0.1, 0.15) is 6.61 Å². The van der Waals surface area contributed by atoms with Crippen molar-refractivity contribution in [2.45, 2.75) is 31.2 Å². The molecule has 1 spiro atoms. The number of rotatable bonds is 0. The fraction of sp³-hybridized carbons (Fsp3) is 0.533. The lowest BCUT2D eigenvalue weighted by molar-refractivity contribution is 0.153. The van der Waals surface area contributed by atoms with E-state index in [9.17, 15) is 4.79 Å². The zero-order chi connectivity index (χ0) is 12.2. The quantitative estimate of drug-likeness (QED) is 0.759. The van der Waals surface area contributed by atoms with Crippen LogP contribution in [0.1, 0.15) is 24.0 Å². The highest BCUT2D eigenvalue weighted by Gasteiger charge is 2.56. The smallest absolute Gasteiger partial charge is 0.407 e. The first-order valence-electron chi connectivity index (χ1n) is 6.80. The van der Waals surface area contributed by atoms with Crippen LogP contribution in [0.2, 0.25) is 0 Å². The molecule has 3 heteroatoms. The molecule has 1 aliphatic heterocycles. The molecule has 2 aliphatic carbocycles. The molecular weight excluding hydrogens is 226 g/mol. The molecule has 1 N–H and O–H groups in total. The summed E-state index contributed by atoms with van der Waals surface area (Å²) in [6.45, 7) is 0.565. The average molecular weight is 243 g/mol. The van der Waals surface area contributed by atoms with Gasteiger partial charge >= 0.3 is 6.09 Å². The van der Waals surface area contributed by atoms with E-state index in [0.717, 1.165) is 12.8 Å². The molecule has 1 aromatic rings. The molecule has 1 amide bonds. The average Bonchev–Trinajstić information content (AvgIpc) is 2.83. The van der Waals surface area contributed by atoms with Crippen molar-refractivity contribution in [1.82, 2.24) is 5.32 Å². The zero-order valence-corrected chi connectivity index (χ0v) is 10.3. The first-order chi connectivity index (χ1) is 8.78. The van der Waals surface area contributed by atoms with Crippen molar-refractivity contribution in [3.8, 4) is 0 Å². The molecule has 3 nitrogen and oxygen atoms in total. The van der Waals surface area contributed by atoms with Crippen molar-refractivity contribution in [3.63, 3.8) is 0 Å². The van der Waals surface area contributed by atoms with E-state index in [1.165, 1.54) is 24.0 Å². The molecule has 0 radical (unpaired) electrons. The molecule has 1 saturated carbocycles. The van der Waals surface area contributed by atoms with E-state index < -0.39 is 0 Å². The fourth-order valence-electron chi connectivity index (χ4n) is 4.19. The maximum atomic E-state index is 11.5. The minimum absolute atomic E-state index is 0.0872. The Labute approximate surface area is 107 Å². The number of amides is 1. The van der Waals surface area contributed by atoms with E-state index in [4.69, 9.17) is 4.74 Å². The number of hydrogen-bond acceptors (Lipinski definition) is 2. The largest absolute Gasteiger partial charge is 0.447 e. The summed E-state index contributed by atoms with van der Waals surface area (Å²) in [5.74, 6) is 1.08. The summed E-state index contributed by atoms with van der Waals surface area (Å²) >= 11 is 0. The highest BCUT2D eigenvalue weighted by atomic mass is 16.6. The monoisotopic (exact) mass is 243 g/mol. The molecule has 0 aromatic heterocycles. The van der Waals surface area contributed by atoms with Gasteiger partial charge in [0.15, 0.2) is 0 Å². The summed E-state index contributed by atoms with van der Waals surface area (Å²) in [5, 5.41) is 3.14. The molecular formula is C15H17NO2. The van der Waals surface area contributed by atoms with Gasteiger partial charge in [-0.25, -0.2) is 4.79 Å². The molecule has 18 heavy (non-hydrogen) atoms. The molecule has 1 aromatic carbocycles. The second-order valence-electron chi connectivity index (χ2n) is 5.89. The Bertz CT molecular complexity index is 478. The minimum Gasteiger partial charge on any atom is -0.447 e. The maximum Gasteiger partial charge on any atom is 0.407 e. The van der Waals surface area contributed by atoms with Crippen molar-refractivity contribution < 1.29 is 9.53 Å². The number of carbonyl (C=O) groups excluding carboxylic acids is 1. The lowest BCUT2D eigenvalue weighted by Crippen LogP contribution is -2.52. The van der Waals surface area contributed by atoms with Crippen molar-refractivity contribution in [2.24, 2.45) is 11.8 Å². The van der Waals surface area contributed by atoms with Crippen LogP contribution in [0.5, 0.6) is 0 Å². The summed E-state index contributed by atoms with van der Waals surface area (Å²) in [6.07, 6.45) is 4.36. The summed E-state index contributed by atoms with van der Waals surface area (Å²) in [5.41, 5.74) is 2.84. The van der Waals surface area contributed by atoms with Gasteiger partial charge in [-0.15, -0.1) is 0 Å². The normalized spacial score (nSPS) is 37.0. The molecule has 2 atom stereocenters. The molecule has 4 rings (SSSR count). The predicted octanol–water partition coefficient (Wildman–Crippen LogP) is 2.29. The Hall–Kier alpha value is -1.51. The van der Waals surface area contributed by atoms with Crippen molar-refractivity contribution in [3.05, 3.63) is 35.4 Å². The Morgan fingerprint density at radius 2 is 1.72 bits per heavy atom. The molecule has 2 unspecified atom stereocenters. The third kappa shape index (κ3) is 1.27. The lowest BCUT2D eigenvalue weighted by atomic mass is 9.80. The number of fused-ring (bicyclic) bond motifs is 1. The van der Waals surface area contributed by atoms with E-state index in [-0.39, 0.29) is 11.6 Å². The van der Waals surface area contributed by atoms with E-state index in [0.29, 0.717) is 18.4 Å². The van der Waals surface area contributed by atoms with Gasteiger partial charge < -0.3 is 10.1 Å². The second-order valence-corrected chi connectivity index (χ2v) is 5.89. The SMILES string of the molecule is O=C1NC2(CO1)C1CCC2Cc2ccccc2C1. The molecule has 2 fully saturated rings. The third-order valence-electron chi connectivity index (χ3n) is 5.15. The minimum atomic E-state index is -0.224. The number of carbonyl (C=O) groups is 1. The number of benzene rings is 1. The standard InChI is InChI=1S/C15H17NO2/c17-14-16-15(9-18-14)12-5-6-13(15)8-11-4-2-1-3-10(11)7-12/h1-4,12-13H,5-9H2,(H,16,17). The van der Waals surface area contributed by atoms with Gasteiger partial charge in [0.05, 0.1) is 5.54 Å². The van der Waals surface area contributed by atoms with Gasteiger partial charge in [-0.05, 0) is 48.6 Å². The number of cyclic esters (lactones) is 1. The van der Waals surface area contributed by atoms with Crippen molar-refractivity contribution in [1.29, 1.82) is 0 Å². The van der Waals surface area contributed by atoms with Crippen molar-refractivity contribution in [2.75, 3.05) is 6.61 Å². The van der Waals surface area contributed by atoms with Crippen molar-refractivity contribution >= 4 is 6.09 Å². The highest BCUT2D eigenvalue weighted by Crippen LogP contribution is 2.48. The molecule has 1 saturated heterocycles. The number of alkyl carbamates (subject to hydrolysis) is 1. The molecule has 1 heterocycles. The molecule has 2 bridgehead atoms. The molecule has 3 aliphatic rings. The van der Waals surface area contributed by atoms with Crippen LogP contribution < -0.4 is 5.32 Å². The Kier molecular flexibility index (Phi) is 2.02. The van der Waals surface area contributed by atoms with Gasteiger partial charge in [-0.3, -0.25) is 0 Å². The van der Waals surface area contributed by atoms with Gasteiger partial charge in [-0.1, -0.05) is 24.3 Å². The Morgan fingerprint density at radius 3 is 2.22 bits per heavy atom. The van der Waals surface area contributed by atoms with Crippen LogP contribution in [0, 0.1) is 11.8 Å². The predicted molar refractivity (Wildman–Crippen MR) is 67.3 cm³/mol. The van der Waals surface area contributed by atoms with Crippen LogP contribution in [-0.4, -0.2) is 18.2 Å². The van der Waals surface area contributed by atoms with E-state index >= 15 is 0 Å². The van der Waals surface area contributed by atoms with Gasteiger partial charge in [0.2, 0.25) is 0 Å². The van der Waals surface area contributed by atoms with Crippen LogP contribution in [0.3, 0.4) is 0 Å². The fourth-order valence-corrected chi connectivity index (χ4v) is 4.19. The van der Waals surface area contributed by atoms with E-state index in [1.807, 2.05) is 0 Å². The number of hydrogen-bond donors (Lipinski definition) is 1. The Morgan fingerprint density at radius 1 is 1.11 bits per heavy atom. The summed E-state index contributed by atoms with van der Waals surface area (Å²) in [7, 11) is 0. The van der Waals surface area contributed by atoms with E-state index in [1.54, 1.807) is 0 Å². The summed E-state index contributed by atoms with van der Waals surface area (Å²) in [6, 6.07) is 8.71. The lowest BCUT2D eigenvalue weighted by Gasteiger charge is -2.32. The van der Waals surface area contributed by atoms with E-state index in [2.05, 4.69) is 29.6 Å². The zero-order valence-electron chi connectivity index (χ0n) is 10.3. The first-order valence-corrected chi connectivity index (χ1v) is 6.80. The van der Waals surface area contributed by atoms with Crippen LogP contribution in [-0.2, 0) is 17.6 Å². The first kappa shape index (κ1) is 10.4. The highest BCUT2D eigenvalue weighted by molar-refractivity contribution is 5.71. The van der Waals surface area contributed by atoms with Crippen LogP contribution in [0.25, 0.3) is 0 Å². The van der Waals surface area contributed by atoms with Gasteiger partial charge in [0.25, 0.3) is 0 Å².